The molecule has 0 aliphatic carbocycles. The van der Waals surface area contributed by atoms with Gasteiger partial charge >= 0.3 is 5.91 Å². The van der Waals surface area contributed by atoms with Crippen LogP contribution in [-0.2, 0) is 0 Å². The van der Waals surface area contributed by atoms with Crippen LogP contribution < -0.4 is 14.9 Å². The molecule has 0 bridgehead atoms. The molecule has 0 saturated carbocycles. The Balaban J connectivity index is 1.55. The van der Waals surface area contributed by atoms with Gasteiger partial charge in [-0.2, -0.15) is 5.10 Å². The highest BCUT2D eigenvalue weighted by Crippen LogP contribution is 2.33. The molecule has 2 aromatic heterocycles. The summed E-state index contributed by atoms with van der Waals surface area (Å²) in [6.45, 7) is 1.96. The molecule has 0 aliphatic heterocycles. The molecule has 1 N–H and O–H groups in total. The minimum atomic E-state index is -0.605. The highest BCUT2D eigenvalue weighted by molar-refractivity contribution is 5.98. The Bertz CT molecular complexity index is 1370. The van der Waals surface area contributed by atoms with Crippen molar-refractivity contribution in [2.75, 3.05) is 14.2 Å². The van der Waals surface area contributed by atoms with Gasteiger partial charge in [0.25, 0.3) is 5.69 Å². The molecule has 0 radical (unpaired) electrons. The lowest BCUT2D eigenvalue weighted by molar-refractivity contribution is -0.384. The number of furan rings is 1. The highest BCUT2D eigenvalue weighted by Gasteiger charge is 2.19. The zero-order valence-electron chi connectivity index (χ0n) is 18.1. The predicted octanol–water partition coefficient (Wildman–Crippen LogP) is 4.22. The van der Waals surface area contributed by atoms with Crippen LogP contribution in [0.4, 0.5) is 5.69 Å². The molecule has 4 aromatic rings. The third-order valence-corrected chi connectivity index (χ3v) is 5.02. The number of aryl methyl sites for hydroxylation is 1. The number of amides is 1. The van der Waals surface area contributed by atoms with E-state index in [-0.39, 0.29) is 22.8 Å². The maximum atomic E-state index is 12.5. The molecular formula is C23H20N4O6. The Hall–Kier alpha value is -4.60. The van der Waals surface area contributed by atoms with E-state index in [0.29, 0.717) is 5.39 Å². The Morgan fingerprint density at radius 3 is 2.55 bits per heavy atom. The normalized spacial score (nSPS) is 11.1. The quantitative estimate of drug-likeness (QED) is 0.257. The van der Waals surface area contributed by atoms with Crippen molar-refractivity contribution in [2.45, 2.75) is 6.92 Å². The average molecular weight is 448 g/mol. The lowest BCUT2D eigenvalue weighted by Crippen LogP contribution is -2.17. The summed E-state index contributed by atoms with van der Waals surface area (Å²) < 4.78 is 17.9. The number of hydrogen-bond acceptors (Lipinski definition) is 7. The van der Waals surface area contributed by atoms with Crippen molar-refractivity contribution < 1.29 is 23.6 Å². The molecule has 1 amide bonds. The van der Waals surface area contributed by atoms with Crippen LogP contribution in [0.5, 0.6) is 11.5 Å². The van der Waals surface area contributed by atoms with Crippen LogP contribution in [0.2, 0.25) is 0 Å². The number of carbonyl (C=O) groups excluding carboxylic acids is 1. The molecule has 0 saturated heterocycles. The first-order valence-electron chi connectivity index (χ1n) is 9.83. The van der Waals surface area contributed by atoms with Gasteiger partial charge in [-0.3, -0.25) is 14.9 Å². The van der Waals surface area contributed by atoms with E-state index in [0.717, 1.165) is 22.8 Å². The molecule has 0 atom stereocenters. The molecule has 2 heterocycles. The van der Waals surface area contributed by atoms with Crippen molar-refractivity contribution in [2.24, 2.45) is 5.10 Å². The topological polar surface area (TPSA) is 121 Å². The van der Waals surface area contributed by atoms with Crippen molar-refractivity contribution in [1.82, 2.24) is 9.99 Å². The summed E-state index contributed by atoms with van der Waals surface area (Å²) in [5.41, 5.74) is 5.14. The molecular weight excluding hydrogens is 428 g/mol. The maximum absolute atomic E-state index is 12.5. The molecule has 0 aliphatic rings. The van der Waals surface area contributed by atoms with Gasteiger partial charge in [-0.05, 0) is 49.4 Å². The fourth-order valence-electron chi connectivity index (χ4n) is 3.43. The van der Waals surface area contributed by atoms with E-state index < -0.39 is 10.8 Å². The minimum absolute atomic E-state index is 0.0531. The van der Waals surface area contributed by atoms with Crippen LogP contribution in [0, 0.1) is 17.0 Å². The molecule has 10 nitrogen and oxygen atoms in total. The van der Waals surface area contributed by atoms with Crippen molar-refractivity contribution >= 4 is 28.8 Å². The van der Waals surface area contributed by atoms with Gasteiger partial charge in [0.2, 0.25) is 0 Å². The molecule has 4 rings (SSSR count). The van der Waals surface area contributed by atoms with Crippen LogP contribution in [0.3, 0.4) is 0 Å². The van der Waals surface area contributed by atoms with Gasteiger partial charge < -0.3 is 18.5 Å². The zero-order valence-corrected chi connectivity index (χ0v) is 18.1. The first kappa shape index (κ1) is 21.6. The van der Waals surface area contributed by atoms with Gasteiger partial charge in [-0.15, -0.1) is 0 Å². The smallest absolute Gasteiger partial charge is 0.307 e. The number of nitrogens with zero attached hydrogens (tertiary/aromatic N) is 3. The molecule has 2 aromatic carbocycles. The lowest BCUT2D eigenvalue weighted by Gasteiger charge is -2.10. The second-order valence-corrected chi connectivity index (χ2v) is 7.07. The Morgan fingerprint density at radius 2 is 1.88 bits per heavy atom. The number of fused-ring (bicyclic) bond motifs is 1. The number of non-ortho nitro benzene ring substituents is 1. The van der Waals surface area contributed by atoms with Gasteiger partial charge in [0.15, 0.2) is 17.1 Å². The third kappa shape index (κ3) is 4.26. The second kappa shape index (κ2) is 8.87. The molecule has 33 heavy (non-hydrogen) atoms. The van der Waals surface area contributed by atoms with E-state index in [1.165, 1.54) is 31.5 Å². The van der Waals surface area contributed by atoms with E-state index in [2.05, 4.69) is 10.5 Å². The van der Waals surface area contributed by atoms with Crippen LogP contribution in [0.1, 0.15) is 21.9 Å². The van der Waals surface area contributed by atoms with Gasteiger partial charge in [-0.1, -0.05) is 0 Å². The van der Waals surface area contributed by atoms with E-state index in [1.54, 1.807) is 7.11 Å². The first-order valence-corrected chi connectivity index (χ1v) is 9.83. The summed E-state index contributed by atoms with van der Waals surface area (Å²) in [6, 6.07) is 15.3. The van der Waals surface area contributed by atoms with Crippen molar-refractivity contribution in [3.05, 3.63) is 81.9 Å². The lowest BCUT2D eigenvalue weighted by atomic mass is 10.2. The average Bonchev–Trinajstić information content (AvgIpc) is 3.42. The van der Waals surface area contributed by atoms with Crippen LogP contribution in [-0.4, -0.2) is 35.8 Å². The van der Waals surface area contributed by atoms with Crippen LogP contribution in [0.25, 0.3) is 16.7 Å². The van der Waals surface area contributed by atoms with E-state index in [4.69, 9.17) is 13.9 Å². The SMILES string of the molecule is COc1ccc(-n2c(C)ccc2/C=N/NC(=O)c2cc3cc([N+](=O)[O-])cc(OC)c3o2)cc1. The van der Waals surface area contributed by atoms with Crippen molar-refractivity contribution in [1.29, 1.82) is 0 Å². The van der Waals surface area contributed by atoms with Crippen LogP contribution in [0.15, 0.2) is 64.1 Å². The maximum Gasteiger partial charge on any atom is 0.307 e. The zero-order chi connectivity index (χ0) is 23.5. The Labute approximate surface area is 188 Å². The molecule has 168 valence electrons. The number of hydrazone groups is 1. The summed E-state index contributed by atoms with van der Waals surface area (Å²) in [7, 11) is 2.97. The van der Waals surface area contributed by atoms with Gasteiger partial charge in [-0.25, -0.2) is 5.43 Å². The van der Waals surface area contributed by atoms with Gasteiger partial charge in [0.05, 0.1) is 37.1 Å². The largest absolute Gasteiger partial charge is 0.497 e. The number of benzene rings is 2. The van der Waals surface area contributed by atoms with E-state index >= 15 is 0 Å². The number of aromatic nitrogens is 1. The molecule has 10 heteroatoms. The van der Waals surface area contributed by atoms with Crippen molar-refractivity contribution in [3.8, 4) is 17.2 Å². The Morgan fingerprint density at radius 1 is 1.12 bits per heavy atom. The van der Waals surface area contributed by atoms with E-state index in [9.17, 15) is 14.9 Å². The van der Waals surface area contributed by atoms with Crippen LogP contribution >= 0.6 is 0 Å². The summed E-state index contributed by atoms with van der Waals surface area (Å²) in [4.78, 5) is 23.1. The van der Waals surface area contributed by atoms with E-state index in [1.807, 2.05) is 47.9 Å². The predicted molar refractivity (Wildman–Crippen MR) is 122 cm³/mol. The standard InChI is InChI=1S/C23H20N4O6/c1-14-4-5-17(26(14)16-6-8-19(31-2)9-7-16)13-24-25-23(28)21-11-15-10-18(27(29)30)12-20(32-3)22(15)33-21/h4-13H,1-3H3,(H,25,28)/b24-13+. The number of ether oxygens (including phenoxy) is 2. The number of hydrogen-bond donors (Lipinski definition) is 1. The fourth-order valence-corrected chi connectivity index (χ4v) is 3.43. The number of carbonyl (C=O) groups is 1. The summed E-state index contributed by atoms with van der Waals surface area (Å²) in [5.74, 6) is 0.252. The minimum Gasteiger partial charge on any atom is -0.497 e. The number of methoxy groups -OCH3 is 2. The molecule has 0 spiro atoms. The Kier molecular flexibility index (Phi) is 5.81. The monoisotopic (exact) mass is 448 g/mol. The summed E-state index contributed by atoms with van der Waals surface area (Å²) in [6.07, 6.45) is 1.52. The first-order chi connectivity index (χ1) is 15.9. The number of rotatable bonds is 7. The number of nitrogens with one attached hydrogen (secondary N) is 1. The van der Waals surface area contributed by atoms with Gasteiger partial charge in [0, 0.05) is 22.8 Å². The second-order valence-electron chi connectivity index (χ2n) is 7.07. The third-order valence-electron chi connectivity index (χ3n) is 5.02. The summed E-state index contributed by atoms with van der Waals surface area (Å²) >= 11 is 0. The number of nitro benzene ring substituents is 1. The number of nitro groups is 1. The molecule has 0 unspecified atom stereocenters. The van der Waals surface area contributed by atoms with Gasteiger partial charge in [0.1, 0.15) is 5.75 Å². The summed E-state index contributed by atoms with van der Waals surface area (Å²) in [5, 5.41) is 15.5. The molecule has 0 fully saturated rings. The fraction of sp³-hybridized carbons (Fsp3) is 0.130. The van der Waals surface area contributed by atoms with Crippen molar-refractivity contribution in [3.63, 3.8) is 0 Å². The highest BCUT2D eigenvalue weighted by atomic mass is 16.6.